The lowest BCUT2D eigenvalue weighted by molar-refractivity contribution is 0.669. The summed E-state index contributed by atoms with van der Waals surface area (Å²) < 4.78 is 13.4. The van der Waals surface area contributed by atoms with Crippen LogP contribution in [0, 0.1) is 0 Å². The highest BCUT2D eigenvalue weighted by molar-refractivity contribution is 6.13. The highest BCUT2D eigenvalue weighted by atomic mass is 16.3. The number of benzene rings is 6. The van der Waals surface area contributed by atoms with Gasteiger partial charge in [0.2, 0.25) is 0 Å². The molecule has 64 heavy (non-hydrogen) atoms. The molecule has 0 aliphatic rings. The Bertz CT molecular complexity index is 4160. The van der Waals surface area contributed by atoms with Gasteiger partial charge in [-0.3, -0.25) is 15.0 Å². The summed E-state index contributed by atoms with van der Waals surface area (Å²) in [6, 6.07) is 60.1. The minimum atomic E-state index is 0.842. The average Bonchev–Trinajstić information content (AvgIpc) is 4.10. The third kappa shape index (κ3) is 5.05. The fourth-order valence-corrected chi connectivity index (χ4v) is 10.0. The van der Waals surface area contributed by atoms with E-state index in [1.54, 1.807) is 0 Å². The summed E-state index contributed by atoms with van der Waals surface area (Å²) in [6.45, 7) is 0. The Morgan fingerprint density at radius 2 is 0.906 bits per heavy atom. The quantitative estimate of drug-likeness (QED) is 0.173. The Labute approximate surface area is 364 Å². The Hall–Kier alpha value is -8.88. The zero-order valence-electron chi connectivity index (χ0n) is 34.1. The van der Waals surface area contributed by atoms with Crippen LogP contribution in [0.4, 0.5) is 0 Å². The first kappa shape index (κ1) is 34.8. The maximum absolute atomic E-state index is 6.43. The third-order valence-electron chi connectivity index (χ3n) is 12.9. The average molecular weight is 820 g/mol. The second-order valence-electron chi connectivity index (χ2n) is 16.4. The zero-order chi connectivity index (χ0) is 41.9. The summed E-state index contributed by atoms with van der Waals surface area (Å²) in [7, 11) is 0. The number of hydrogen-bond acceptors (Lipinski definition) is 5. The van der Waals surface area contributed by atoms with E-state index in [-0.39, 0.29) is 0 Å². The molecule has 14 aromatic rings. The molecule has 0 spiro atoms. The van der Waals surface area contributed by atoms with E-state index in [4.69, 9.17) is 14.4 Å². The van der Waals surface area contributed by atoms with Crippen LogP contribution in [0.1, 0.15) is 0 Å². The molecule has 8 heteroatoms. The van der Waals surface area contributed by atoms with Crippen LogP contribution in [0.2, 0.25) is 0 Å². The lowest BCUT2D eigenvalue weighted by Gasteiger charge is -2.13. The van der Waals surface area contributed by atoms with E-state index in [0.29, 0.717) is 0 Å². The van der Waals surface area contributed by atoms with E-state index in [9.17, 15) is 0 Å². The van der Waals surface area contributed by atoms with Crippen molar-refractivity contribution in [2.75, 3.05) is 0 Å². The van der Waals surface area contributed by atoms with Crippen molar-refractivity contribution >= 4 is 87.6 Å². The van der Waals surface area contributed by atoms with Crippen LogP contribution in [-0.2, 0) is 0 Å². The van der Waals surface area contributed by atoms with E-state index in [0.717, 1.165) is 116 Å². The molecule has 0 N–H and O–H groups in total. The van der Waals surface area contributed by atoms with Crippen LogP contribution < -0.4 is 0 Å². The fourth-order valence-electron chi connectivity index (χ4n) is 10.0. The predicted molar refractivity (Wildman–Crippen MR) is 259 cm³/mol. The van der Waals surface area contributed by atoms with Gasteiger partial charge in [-0.15, -0.1) is 0 Å². The second kappa shape index (κ2) is 13.3. The number of hydrogen-bond donors (Lipinski definition) is 0. The van der Waals surface area contributed by atoms with E-state index < -0.39 is 0 Å². The first-order valence-corrected chi connectivity index (χ1v) is 21.3. The smallest absolute Gasteiger partial charge is 0.135 e. The summed E-state index contributed by atoms with van der Waals surface area (Å²) in [5.41, 5.74) is 17.4. The summed E-state index contributed by atoms with van der Waals surface area (Å²) in [5.74, 6) is 0. The molecule has 14 rings (SSSR count). The van der Waals surface area contributed by atoms with Gasteiger partial charge < -0.3 is 18.1 Å². The minimum absolute atomic E-state index is 0.842. The number of rotatable bonds is 5. The van der Waals surface area contributed by atoms with Crippen molar-refractivity contribution in [2.45, 2.75) is 0 Å². The molecule has 0 bridgehead atoms. The molecular weight excluding hydrogens is 787 g/mol. The molecule has 8 nitrogen and oxygen atoms in total. The van der Waals surface area contributed by atoms with E-state index in [1.165, 1.54) is 10.8 Å². The van der Waals surface area contributed by atoms with E-state index >= 15 is 0 Å². The Morgan fingerprint density at radius 1 is 0.344 bits per heavy atom. The van der Waals surface area contributed by atoms with Crippen molar-refractivity contribution in [2.24, 2.45) is 0 Å². The molecule has 0 radical (unpaired) electrons. The fraction of sp³-hybridized carbons (Fsp3) is 0. The van der Waals surface area contributed by atoms with Gasteiger partial charge >= 0.3 is 0 Å². The molecule has 6 aromatic carbocycles. The molecule has 8 heterocycles. The maximum Gasteiger partial charge on any atom is 0.135 e. The molecule has 0 atom stereocenters. The van der Waals surface area contributed by atoms with Gasteiger partial charge in [0.15, 0.2) is 0 Å². The van der Waals surface area contributed by atoms with Gasteiger partial charge in [0.25, 0.3) is 0 Å². The van der Waals surface area contributed by atoms with Gasteiger partial charge in [-0.1, -0.05) is 54.6 Å². The summed E-state index contributed by atoms with van der Waals surface area (Å²) in [5, 5.41) is 6.67. The van der Waals surface area contributed by atoms with Crippen molar-refractivity contribution in [3.05, 3.63) is 201 Å². The van der Waals surface area contributed by atoms with Crippen molar-refractivity contribution in [1.29, 1.82) is 0 Å². The topological polar surface area (TPSA) is 79.5 Å². The normalized spacial score (nSPS) is 12.1. The Kier molecular flexibility index (Phi) is 7.23. The SMILES string of the molecule is c1ccc(-n2c3cccnc3c3nc(-c4ccc5oc6ccc(-c7ccc8c(c7)c7ccccc7n8-c7cccc(-n8c9ccncc9c9cnccc98)c7)cc6c5c4)ccc32)cc1. The maximum atomic E-state index is 6.43. The highest BCUT2D eigenvalue weighted by Gasteiger charge is 2.19. The van der Waals surface area contributed by atoms with Crippen molar-refractivity contribution in [3.8, 4) is 39.4 Å². The number of nitrogens with zero attached hydrogens (tertiary/aromatic N) is 7. The van der Waals surface area contributed by atoms with Crippen LogP contribution >= 0.6 is 0 Å². The molecule has 0 fully saturated rings. The first-order valence-electron chi connectivity index (χ1n) is 21.3. The molecular formula is C56H33N7O. The highest BCUT2D eigenvalue weighted by Crippen LogP contribution is 2.40. The van der Waals surface area contributed by atoms with Gasteiger partial charge in [0.1, 0.15) is 22.2 Å². The Morgan fingerprint density at radius 3 is 1.67 bits per heavy atom. The van der Waals surface area contributed by atoms with Crippen LogP contribution in [0.5, 0.6) is 0 Å². The van der Waals surface area contributed by atoms with Crippen molar-refractivity contribution in [3.63, 3.8) is 0 Å². The summed E-state index contributed by atoms with van der Waals surface area (Å²) >= 11 is 0. The van der Waals surface area contributed by atoms with Crippen molar-refractivity contribution < 1.29 is 4.42 Å². The van der Waals surface area contributed by atoms with E-state index in [1.807, 2.05) is 43.1 Å². The second-order valence-corrected chi connectivity index (χ2v) is 16.4. The minimum Gasteiger partial charge on any atom is -0.456 e. The van der Waals surface area contributed by atoms with Gasteiger partial charge in [-0.2, -0.15) is 0 Å². The largest absolute Gasteiger partial charge is 0.456 e. The molecule has 8 aromatic heterocycles. The summed E-state index contributed by atoms with van der Waals surface area (Å²) in [4.78, 5) is 18.9. The molecule has 0 amide bonds. The zero-order valence-corrected chi connectivity index (χ0v) is 34.1. The third-order valence-corrected chi connectivity index (χ3v) is 12.9. The van der Waals surface area contributed by atoms with Gasteiger partial charge in [-0.25, -0.2) is 4.98 Å². The number of aromatic nitrogens is 7. The van der Waals surface area contributed by atoms with Crippen LogP contribution in [0.15, 0.2) is 205 Å². The monoisotopic (exact) mass is 819 g/mol. The summed E-state index contributed by atoms with van der Waals surface area (Å²) in [6.07, 6.45) is 9.41. The molecule has 0 aliphatic carbocycles. The van der Waals surface area contributed by atoms with Crippen LogP contribution in [0.3, 0.4) is 0 Å². The van der Waals surface area contributed by atoms with Crippen LogP contribution in [-0.4, -0.2) is 33.6 Å². The molecule has 0 saturated heterocycles. The van der Waals surface area contributed by atoms with Gasteiger partial charge in [-0.05, 0) is 126 Å². The van der Waals surface area contributed by atoms with Gasteiger partial charge in [0, 0.05) is 85.9 Å². The number of furan rings is 1. The predicted octanol–water partition coefficient (Wildman–Crippen LogP) is 13.8. The standard InChI is InChI=1S/C56H33N7O/c1-2-8-37(9-3-1)61-51-14-7-25-59-55(51)56-52(61)20-18-46(60-56)36-17-22-54-43(30-36)42-29-35(16-21-53(42)64-54)34-15-19-48-41(28-34)40-12-4-5-13-47(40)62(48)38-10-6-11-39(31-38)63-49-23-26-57-32-44(49)45-33-58-27-24-50(45)63/h1-33H. The number of fused-ring (bicyclic) bond motifs is 12. The lowest BCUT2D eigenvalue weighted by atomic mass is 10.00. The van der Waals surface area contributed by atoms with E-state index in [2.05, 4.69) is 181 Å². The molecule has 0 saturated carbocycles. The van der Waals surface area contributed by atoms with Crippen molar-refractivity contribution in [1.82, 2.24) is 33.6 Å². The first-order chi connectivity index (χ1) is 31.7. The Balaban J connectivity index is 0.877. The number of para-hydroxylation sites is 2. The molecule has 0 unspecified atom stereocenters. The molecule has 0 aliphatic heterocycles. The molecule has 298 valence electrons. The van der Waals surface area contributed by atoms with Gasteiger partial charge in [0.05, 0.1) is 38.8 Å². The number of pyridine rings is 4. The van der Waals surface area contributed by atoms with Crippen LogP contribution in [0.25, 0.3) is 127 Å². The lowest BCUT2D eigenvalue weighted by Crippen LogP contribution is -1.98.